The Kier molecular flexibility index (Phi) is 4.39. The molecule has 0 aromatic heterocycles. The van der Waals surface area contributed by atoms with Gasteiger partial charge in [-0.25, -0.2) is 0 Å². The SMILES string of the molecule is NCC(CC(=O)O)c1cccc(Cl)c1Cl. The summed E-state index contributed by atoms with van der Waals surface area (Å²) in [4.78, 5) is 10.6. The van der Waals surface area contributed by atoms with Gasteiger partial charge in [0.2, 0.25) is 0 Å². The van der Waals surface area contributed by atoms with Gasteiger partial charge in [-0.3, -0.25) is 4.79 Å². The van der Waals surface area contributed by atoms with Gasteiger partial charge in [0.1, 0.15) is 0 Å². The van der Waals surface area contributed by atoms with Crippen LogP contribution in [0.25, 0.3) is 0 Å². The molecular weight excluding hydrogens is 237 g/mol. The van der Waals surface area contributed by atoms with Gasteiger partial charge in [-0.1, -0.05) is 35.3 Å². The highest BCUT2D eigenvalue weighted by atomic mass is 35.5. The monoisotopic (exact) mass is 247 g/mol. The Labute approximate surface area is 97.8 Å². The quantitative estimate of drug-likeness (QED) is 0.860. The number of halogens is 2. The van der Waals surface area contributed by atoms with E-state index in [1.165, 1.54) is 0 Å². The zero-order valence-electron chi connectivity index (χ0n) is 7.91. The minimum absolute atomic E-state index is 0.0451. The Bertz CT molecular complexity index is 368. The van der Waals surface area contributed by atoms with Crippen LogP contribution in [0.3, 0.4) is 0 Å². The molecule has 3 N–H and O–H groups in total. The van der Waals surface area contributed by atoms with Gasteiger partial charge < -0.3 is 10.8 Å². The zero-order valence-corrected chi connectivity index (χ0v) is 9.42. The number of benzene rings is 1. The van der Waals surface area contributed by atoms with E-state index in [9.17, 15) is 4.79 Å². The molecule has 15 heavy (non-hydrogen) atoms. The molecule has 0 aliphatic heterocycles. The Morgan fingerprint density at radius 3 is 2.67 bits per heavy atom. The third-order valence-corrected chi connectivity index (χ3v) is 2.96. The molecule has 0 aliphatic rings. The van der Waals surface area contributed by atoms with Crippen molar-refractivity contribution in [2.75, 3.05) is 6.54 Å². The summed E-state index contributed by atoms with van der Waals surface area (Å²) >= 11 is 11.8. The van der Waals surface area contributed by atoms with Crippen LogP contribution in [0.1, 0.15) is 17.9 Å². The van der Waals surface area contributed by atoms with Gasteiger partial charge in [-0.15, -0.1) is 0 Å². The Morgan fingerprint density at radius 2 is 2.13 bits per heavy atom. The molecule has 1 atom stereocenters. The molecule has 0 aliphatic carbocycles. The van der Waals surface area contributed by atoms with Gasteiger partial charge >= 0.3 is 5.97 Å². The first-order chi connectivity index (χ1) is 7.06. The number of aliphatic carboxylic acids is 1. The van der Waals surface area contributed by atoms with Gasteiger partial charge in [0.05, 0.1) is 16.5 Å². The number of rotatable bonds is 4. The highest BCUT2D eigenvalue weighted by Crippen LogP contribution is 2.31. The highest BCUT2D eigenvalue weighted by molar-refractivity contribution is 6.42. The third kappa shape index (κ3) is 3.09. The van der Waals surface area contributed by atoms with E-state index in [-0.39, 0.29) is 18.9 Å². The fourth-order valence-corrected chi connectivity index (χ4v) is 1.83. The van der Waals surface area contributed by atoms with E-state index in [2.05, 4.69) is 0 Å². The van der Waals surface area contributed by atoms with E-state index in [0.29, 0.717) is 15.6 Å². The van der Waals surface area contributed by atoms with E-state index in [0.717, 1.165) is 0 Å². The van der Waals surface area contributed by atoms with Crippen LogP contribution in [0.15, 0.2) is 18.2 Å². The summed E-state index contributed by atoms with van der Waals surface area (Å²) in [5.41, 5.74) is 6.20. The van der Waals surface area contributed by atoms with Crippen LogP contribution in [0, 0.1) is 0 Å². The normalized spacial score (nSPS) is 12.5. The molecule has 0 fully saturated rings. The molecule has 1 aromatic rings. The summed E-state index contributed by atoms with van der Waals surface area (Å²) in [5.74, 6) is -1.20. The number of carbonyl (C=O) groups is 1. The van der Waals surface area contributed by atoms with E-state index in [1.807, 2.05) is 0 Å². The maximum atomic E-state index is 10.6. The lowest BCUT2D eigenvalue weighted by atomic mass is 9.96. The first-order valence-corrected chi connectivity index (χ1v) is 5.17. The summed E-state index contributed by atoms with van der Waals surface area (Å²) in [6.45, 7) is 0.229. The molecule has 0 radical (unpaired) electrons. The number of carboxylic acids is 1. The van der Waals surface area contributed by atoms with Crippen molar-refractivity contribution in [1.29, 1.82) is 0 Å². The molecule has 82 valence electrons. The van der Waals surface area contributed by atoms with Crippen LogP contribution in [0.2, 0.25) is 10.0 Å². The van der Waals surface area contributed by atoms with Crippen molar-refractivity contribution in [3.8, 4) is 0 Å². The lowest BCUT2D eigenvalue weighted by Crippen LogP contribution is -2.16. The van der Waals surface area contributed by atoms with Crippen molar-refractivity contribution in [2.45, 2.75) is 12.3 Å². The van der Waals surface area contributed by atoms with Crippen molar-refractivity contribution in [2.24, 2.45) is 5.73 Å². The summed E-state index contributed by atoms with van der Waals surface area (Å²) in [5, 5.41) is 9.50. The average Bonchev–Trinajstić information content (AvgIpc) is 2.19. The maximum absolute atomic E-state index is 10.6. The molecule has 1 aromatic carbocycles. The number of hydrogen-bond donors (Lipinski definition) is 2. The van der Waals surface area contributed by atoms with Crippen molar-refractivity contribution < 1.29 is 9.90 Å². The zero-order chi connectivity index (χ0) is 11.4. The molecule has 1 rings (SSSR count). The van der Waals surface area contributed by atoms with E-state index < -0.39 is 5.97 Å². The van der Waals surface area contributed by atoms with Crippen molar-refractivity contribution in [1.82, 2.24) is 0 Å². The Hall–Kier alpha value is -0.770. The number of carboxylic acid groups (broad SMARTS) is 1. The summed E-state index contributed by atoms with van der Waals surface area (Å²) in [7, 11) is 0. The molecule has 5 heteroatoms. The average molecular weight is 248 g/mol. The van der Waals surface area contributed by atoms with Crippen LogP contribution in [-0.2, 0) is 4.79 Å². The molecule has 0 heterocycles. The maximum Gasteiger partial charge on any atom is 0.304 e. The lowest BCUT2D eigenvalue weighted by Gasteiger charge is -2.14. The van der Waals surface area contributed by atoms with Crippen molar-refractivity contribution in [3.63, 3.8) is 0 Å². The predicted octanol–water partition coefficient (Wildman–Crippen LogP) is 2.51. The topological polar surface area (TPSA) is 63.3 Å². The van der Waals surface area contributed by atoms with Crippen LogP contribution < -0.4 is 5.73 Å². The molecular formula is C10H11Cl2NO2. The van der Waals surface area contributed by atoms with E-state index in [4.69, 9.17) is 34.0 Å². The summed E-state index contributed by atoms with van der Waals surface area (Å²) < 4.78 is 0. The fourth-order valence-electron chi connectivity index (χ4n) is 1.37. The first kappa shape index (κ1) is 12.3. The smallest absolute Gasteiger partial charge is 0.304 e. The number of hydrogen-bond acceptors (Lipinski definition) is 2. The van der Waals surface area contributed by atoms with E-state index in [1.54, 1.807) is 18.2 Å². The minimum atomic E-state index is -0.901. The molecule has 1 unspecified atom stereocenters. The second-order valence-corrected chi connectivity index (χ2v) is 3.96. The van der Waals surface area contributed by atoms with Gasteiger partial charge in [0, 0.05) is 5.92 Å². The van der Waals surface area contributed by atoms with Gasteiger partial charge in [0.25, 0.3) is 0 Å². The Morgan fingerprint density at radius 1 is 1.47 bits per heavy atom. The van der Waals surface area contributed by atoms with Crippen LogP contribution in [0.5, 0.6) is 0 Å². The van der Waals surface area contributed by atoms with Gasteiger partial charge in [-0.05, 0) is 18.2 Å². The minimum Gasteiger partial charge on any atom is -0.481 e. The molecule has 0 spiro atoms. The summed E-state index contributed by atoms with van der Waals surface area (Å²) in [6, 6.07) is 5.13. The Balaban J connectivity index is 3.01. The van der Waals surface area contributed by atoms with Gasteiger partial charge in [0.15, 0.2) is 0 Å². The van der Waals surface area contributed by atoms with Crippen LogP contribution in [0.4, 0.5) is 0 Å². The molecule has 0 amide bonds. The molecule has 3 nitrogen and oxygen atoms in total. The predicted molar refractivity (Wildman–Crippen MR) is 60.5 cm³/mol. The van der Waals surface area contributed by atoms with Crippen molar-refractivity contribution >= 4 is 29.2 Å². The summed E-state index contributed by atoms with van der Waals surface area (Å²) in [6.07, 6.45) is -0.0451. The largest absolute Gasteiger partial charge is 0.481 e. The fraction of sp³-hybridized carbons (Fsp3) is 0.300. The van der Waals surface area contributed by atoms with Gasteiger partial charge in [-0.2, -0.15) is 0 Å². The highest BCUT2D eigenvalue weighted by Gasteiger charge is 2.17. The third-order valence-electron chi connectivity index (χ3n) is 2.13. The second-order valence-electron chi connectivity index (χ2n) is 3.17. The van der Waals surface area contributed by atoms with Crippen LogP contribution >= 0.6 is 23.2 Å². The number of nitrogens with two attached hydrogens (primary N) is 1. The first-order valence-electron chi connectivity index (χ1n) is 4.42. The molecule has 0 saturated heterocycles. The lowest BCUT2D eigenvalue weighted by molar-refractivity contribution is -0.137. The van der Waals surface area contributed by atoms with E-state index >= 15 is 0 Å². The van der Waals surface area contributed by atoms with Crippen molar-refractivity contribution in [3.05, 3.63) is 33.8 Å². The van der Waals surface area contributed by atoms with Crippen LogP contribution in [-0.4, -0.2) is 17.6 Å². The second kappa shape index (κ2) is 5.35. The molecule has 0 bridgehead atoms. The molecule has 0 saturated carbocycles. The standard InChI is InChI=1S/C10H11Cl2NO2/c11-8-3-1-2-7(10(8)12)6(5-13)4-9(14)15/h1-3,6H,4-5,13H2,(H,14,15).